The highest BCUT2D eigenvalue weighted by molar-refractivity contribution is 5.87. The van der Waals surface area contributed by atoms with Gasteiger partial charge >= 0.3 is 12.1 Å². The van der Waals surface area contributed by atoms with E-state index in [1.165, 1.54) is 11.0 Å². The number of aromatic carboxylic acids is 1. The quantitative estimate of drug-likeness (QED) is 0.814. The molecule has 2 N–H and O–H groups in total. The molecule has 0 unspecified atom stereocenters. The van der Waals surface area contributed by atoms with Crippen molar-refractivity contribution in [2.75, 3.05) is 6.54 Å². The van der Waals surface area contributed by atoms with Crippen LogP contribution in [0.1, 0.15) is 42.4 Å². The summed E-state index contributed by atoms with van der Waals surface area (Å²) in [4.78, 5) is 38.6. The fraction of sp³-hybridized carbons (Fsp3) is 0.500. The minimum atomic E-state index is -1.26. The van der Waals surface area contributed by atoms with Crippen LogP contribution in [0.25, 0.3) is 0 Å². The smallest absolute Gasteiger partial charge is 0.410 e. The van der Waals surface area contributed by atoms with Crippen molar-refractivity contribution in [1.82, 2.24) is 9.88 Å². The largest absolute Gasteiger partial charge is 0.477 e. The highest BCUT2D eigenvalue weighted by atomic mass is 16.6. The SMILES string of the molecule is CC(C)(C)OC(=O)N1CCc2cc(C(=O)O)c(=O)[nH]c2C1. The lowest BCUT2D eigenvalue weighted by Gasteiger charge is -2.31. The number of carboxylic acids is 1. The van der Waals surface area contributed by atoms with Gasteiger partial charge in [-0.15, -0.1) is 0 Å². The van der Waals surface area contributed by atoms with Gasteiger partial charge in [0.05, 0.1) is 6.54 Å². The van der Waals surface area contributed by atoms with E-state index in [9.17, 15) is 14.4 Å². The Kier molecular flexibility index (Phi) is 3.76. The predicted molar refractivity (Wildman–Crippen MR) is 74.4 cm³/mol. The first-order valence-electron chi connectivity index (χ1n) is 6.63. The summed E-state index contributed by atoms with van der Waals surface area (Å²) in [6, 6.07) is 1.38. The van der Waals surface area contributed by atoms with Crippen LogP contribution in [-0.4, -0.2) is 39.2 Å². The van der Waals surface area contributed by atoms with Crippen LogP contribution in [-0.2, 0) is 17.7 Å². The lowest BCUT2D eigenvalue weighted by molar-refractivity contribution is 0.0220. The first-order chi connectivity index (χ1) is 9.67. The molecule has 0 bridgehead atoms. The molecule has 1 aromatic heterocycles. The summed E-state index contributed by atoms with van der Waals surface area (Å²) in [5.41, 5.74) is -0.224. The summed E-state index contributed by atoms with van der Waals surface area (Å²) in [7, 11) is 0. The van der Waals surface area contributed by atoms with E-state index in [0.29, 0.717) is 18.7 Å². The highest BCUT2D eigenvalue weighted by Gasteiger charge is 2.27. The van der Waals surface area contributed by atoms with Crippen molar-refractivity contribution in [2.45, 2.75) is 39.3 Å². The number of carbonyl (C=O) groups is 2. The molecule has 0 saturated carbocycles. The maximum atomic E-state index is 12.0. The number of nitrogens with one attached hydrogen (secondary N) is 1. The molecule has 7 heteroatoms. The Hall–Kier alpha value is -2.31. The molecule has 1 aliphatic heterocycles. The topological polar surface area (TPSA) is 99.7 Å². The molecule has 0 radical (unpaired) electrons. The van der Waals surface area contributed by atoms with Crippen LogP contribution in [0.5, 0.6) is 0 Å². The number of carbonyl (C=O) groups excluding carboxylic acids is 1. The summed E-state index contributed by atoms with van der Waals surface area (Å²) >= 11 is 0. The van der Waals surface area contributed by atoms with E-state index < -0.39 is 23.2 Å². The van der Waals surface area contributed by atoms with Gasteiger partial charge in [0, 0.05) is 12.2 Å². The van der Waals surface area contributed by atoms with Gasteiger partial charge in [-0.05, 0) is 38.8 Å². The fourth-order valence-electron chi connectivity index (χ4n) is 2.14. The van der Waals surface area contributed by atoms with Gasteiger partial charge < -0.3 is 19.7 Å². The summed E-state index contributed by atoms with van der Waals surface area (Å²) in [6.45, 7) is 5.98. The third kappa shape index (κ3) is 3.42. The molecule has 0 atom stereocenters. The van der Waals surface area contributed by atoms with Crippen LogP contribution in [0, 0.1) is 0 Å². The summed E-state index contributed by atoms with van der Waals surface area (Å²) in [5.74, 6) is -1.26. The Morgan fingerprint density at radius 2 is 2.05 bits per heavy atom. The zero-order valence-corrected chi connectivity index (χ0v) is 12.2. The Morgan fingerprint density at radius 1 is 1.38 bits per heavy atom. The molecule has 0 aromatic carbocycles. The Morgan fingerprint density at radius 3 is 2.62 bits per heavy atom. The van der Waals surface area contributed by atoms with Crippen LogP contribution >= 0.6 is 0 Å². The Labute approximate surface area is 121 Å². The summed E-state index contributed by atoms with van der Waals surface area (Å²) in [6.07, 6.45) is 0.0300. The van der Waals surface area contributed by atoms with E-state index in [-0.39, 0.29) is 12.1 Å². The number of amides is 1. The van der Waals surface area contributed by atoms with Crippen molar-refractivity contribution >= 4 is 12.1 Å². The molecule has 0 saturated heterocycles. The van der Waals surface area contributed by atoms with Gasteiger partial charge in [-0.2, -0.15) is 0 Å². The van der Waals surface area contributed by atoms with Crippen molar-refractivity contribution in [1.29, 1.82) is 0 Å². The Balaban J connectivity index is 2.22. The number of H-pyrrole nitrogens is 1. The van der Waals surface area contributed by atoms with Crippen LogP contribution in [0.4, 0.5) is 4.79 Å². The molecular weight excluding hydrogens is 276 g/mol. The molecule has 1 aromatic rings. The van der Waals surface area contributed by atoms with E-state index in [1.54, 1.807) is 20.8 Å². The molecule has 0 fully saturated rings. The third-order valence-corrected chi connectivity index (χ3v) is 3.10. The lowest BCUT2D eigenvalue weighted by Crippen LogP contribution is -2.41. The second-order valence-electron chi connectivity index (χ2n) is 5.97. The maximum Gasteiger partial charge on any atom is 0.410 e. The van der Waals surface area contributed by atoms with Gasteiger partial charge in [0.25, 0.3) is 5.56 Å². The lowest BCUT2D eigenvalue weighted by atomic mass is 10.0. The second-order valence-corrected chi connectivity index (χ2v) is 5.97. The highest BCUT2D eigenvalue weighted by Crippen LogP contribution is 2.19. The van der Waals surface area contributed by atoms with E-state index >= 15 is 0 Å². The molecule has 1 aliphatic rings. The average Bonchev–Trinajstić information content (AvgIpc) is 2.34. The van der Waals surface area contributed by atoms with Crippen molar-refractivity contribution in [3.63, 3.8) is 0 Å². The number of aromatic nitrogens is 1. The molecule has 0 aliphatic carbocycles. The molecule has 7 nitrogen and oxygen atoms in total. The first-order valence-corrected chi connectivity index (χ1v) is 6.63. The third-order valence-electron chi connectivity index (χ3n) is 3.10. The first kappa shape index (κ1) is 15.1. The second kappa shape index (κ2) is 5.23. The minimum Gasteiger partial charge on any atom is -0.477 e. The molecular formula is C14H18N2O5. The van der Waals surface area contributed by atoms with Crippen LogP contribution in [0.3, 0.4) is 0 Å². The van der Waals surface area contributed by atoms with E-state index in [1.807, 2.05) is 0 Å². The van der Waals surface area contributed by atoms with Crippen LogP contribution < -0.4 is 5.56 Å². The van der Waals surface area contributed by atoms with Gasteiger partial charge in [0.2, 0.25) is 0 Å². The normalized spacial score (nSPS) is 14.5. The number of pyridine rings is 1. The summed E-state index contributed by atoms with van der Waals surface area (Å²) in [5, 5.41) is 8.93. The molecule has 2 heterocycles. The van der Waals surface area contributed by atoms with Gasteiger partial charge in [0.15, 0.2) is 0 Å². The number of nitrogens with zero attached hydrogens (tertiary/aromatic N) is 1. The minimum absolute atomic E-state index is 0.208. The van der Waals surface area contributed by atoms with Crippen LogP contribution in [0.15, 0.2) is 10.9 Å². The van der Waals surface area contributed by atoms with Gasteiger partial charge in [-0.25, -0.2) is 9.59 Å². The fourth-order valence-corrected chi connectivity index (χ4v) is 2.14. The molecule has 0 spiro atoms. The predicted octanol–water partition coefficient (Wildman–Crippen LogP) is 1.37. The number of carboxylic acid groups (broad SMARTS) is 1. The number of hydrogen-bond acceptors (Lipinski definition) is 4. The van der Waals surface area contributed by atoms with Gasteiger partial charge in [-0.3, -0.25) is 4.79 Å². The van der Waals surface area contributed by atoms with Gasteiger partial charge in [0.1, 0.15) is 11.2 Å². The van der Waals surface area contributed by atoms with E-state index in [4.69, 9.17) is 9.84 Å². The summed E-state index contributed by atoms with van der Waals surface area (Å²) < 4.78 is 5.29. The zero-order chi connectivity index (χ0) is 15.8. The van der Waals surface area contributed by atoms with Gasteiger partial charge in [-0.1, -0.05) is 0 Å². The van der Waals surface area contributed by atoms with Crippen molar-refractivity contribution in [3.05, 3.63) is 33.2 Å². The number of ether oxygens (including phenoxy) is 1. The maximum absolute atomic E-state index is 12.0. The van der Waals surface area contributed by atoms with Crippen LogP contribution in [0.2, 0.25) is 0 Å². The molecule has 114 valence electrons. The standard InChI is InChI=1S/C14H18N2O5/c1-14(2,3)21-13(20)16-5-4-8-6-9(12(18)19)11(17)15-10(8)7-16/h6H,4-5,7H2,1-3H3,(H,15,17)(H,18,19). The molecule has 2 rings (SSSR count). The molecule has 1 amide bonds. The molecule has 21 heavy (non-hydrogen) atoms. The number of rotatable bonds is 1. The number of aromatic amines is 1. The zero-order valence-electron chi connectivity index (χ0n) is 12.2. The van der Waals surface area contributed by atoms with Crippen molar-refractivity contribution in [2.24, 2.45) is 0 Å². The monoisotopic (exact) mass is 294 g/mol. The Bertz CT molecular complexity index is 642. The van der Waals surface area contributed by atoms with Crippen molar-refractivity contribution < 1.29 is 19.4 Å². The van der Waals surface area contributed by atoms with E-state index in [0.717, 1.165) is 5.56 Å². The average molecular weight is 294 g/mol. The number of hydrogen-bond donors (Lipinski definition) is 2. The van der Waals surface area contributed by atoms with Crippen molar-refractivity contribution in [3.8, 4) is 0 Å². The van der Waals surface area contributed by atoms with E-state index in [2.05, 4.69) is 4.98 Å². The number of fused-ring (bicyclic) bond motifs is 1.